The number of hydrogen-bond acceptors (Lipinski definition) is 7. The van der Waals surface area contributed by atoms with E-state index in [1.165, 1.54) is 0 Å². The number of nitrogens with zero attached hydrogens (tertiary/aromatic N) is 4. The monoisotopic (exact) mass is 360 g/mol. The number of hydrogen-bond donors (Lipinski definition) is 2. The van der Waals surface area contributed by atoms with Crippen molar-refractivity contribution in [3.8, 4) is 0 Å². The highest BCUT2D eigenvalue weighted by Crippen LogP contribution is 2.27. The lowest BCUT2D eigenvalue weighted by atomic mass is 10.1. The molecule has 4 rings (SSSR count). The van der Waals surface area contributed by atoms with E-state index in [9.17, 15) is 0 Å². The zero-order valence-corrected chi connectivity index (χ0v) is 15.1. The molecule has 0 saturated carbocycles. The van der Waals surface area contributed by atoms with Crippen molar-refractivity contribution in [2.24, 2.45) is 0 Å². The number of aromatic nitrogens is 4. The topological polar surface area (TPSA) is 88.8 Å². The molecule has 0 saturated heterocycles. The van der Waals surface area contributed by atoms with Gasteiger partial charge in [-0.15, -0.1) is 0 Å². The molecule has 0 fully saturated rings. The molecular formula is C20H20N6O. The van der Waals surface area contributed by atoms with Crippen LogP contribution in [0.1, 0.15) is 37.1 Å². The highest BCUT2D eigenvalue weighted by molar-refractivity contribution is 5.73. The summed E-state index contributed by atoms with van der Waals surface area (Å²) in [5.74, 6) is 1.22. The van der Waals surface area contributed by atoms with Crippen molar-refractivity contribution in [2.75, 3.05) is 10.6 Å². The van der Waals surface area contributed by atoms with Crippen molar-refractivity contribution in [3.05, 3.63) is 71.8 Å². The zero-order chi connectivity index (χ0) is 18.6. The molecule has 2 aromatic carbocycles. The van der Waals surface area contributed by atoms with Gasteiger partial charge in [0.15, 0.2) is 11.6 Å². The Hall–Kier alpha value is -3.48. The highest BCUT2D eigenvalue weighted by Gasteiger charge is 2.17. The lowest BCUT2D eigenvalue weighted by molar-refractivity contribution is 0.314. The molecule has 0 spiro atoms. The third-order valence-corrected chi connectivity index (χ3v) is 4.42. The van der Waals surface area contributed by atoms with Gasteiger partial charge in [-0.1, -0.05) is 60.7 Å². The lowest BCUT2D eigenvalue weighted by Gasteiger charge is -2.20. The fourth-order valence-corrected chi connectivity index (χ4v) is 2.90. The SMILES string of the molecule is C[C@H](Nc1nc2nonc2nc1N[C@H](C)c1ccccc1)c1ccccc1. The van der Waals surface area contributed by atoms with E-state index in [-0.39, 0.29) is 12.1 Å². The van der Waals surface area contributed by atoms with E-state index in [1.807, 2.05) is 36.4 Å². The van der Waals surface area contributed by atoms with Gasteiger partial charge in [0.05, 0.1) is 12.1 Å². The standard InChI is InChI=1S/C20H20N6O/c1-13(15-9-5-3-6-10-15)21-17-18(24-20-19(23-17)25-27-26-20)22-14(2)16-11-7-4-8-12-16/h3-14H,1-2H3,(H,21,23,25)(H,22,24,26)/t13-,14+. The van der Waals surface area contributed by atoms with Crippen LogP contribution in [-0.2, 0) is 0 Å². The first-order valence-electron chi connectivity index (χ1n) is 8.84. The molecule has 4 aromatic rings. The van der Waals surface area contributed by atoms with Crippen molar-refractivity contribution in [3.63, 3.8) is 0 Å². The Morgan fingerprint density at radius 2 is 1.07 bits per heavy atom. The van der Waals surface area contributed by atoms with Crippen molar-refractivity contribution in [1.82, 2.24) is 20.3 Å². The first-order chi connectivity index (χ1) is 13.2. The van der Waals surface area contributed by atoms with Crippen molar-refractivity contribution in [2.45, 2.75) is 25.9 Å². The zero-order valence-electron chi connectivity index (χ0n) is 15.1. The Balaban J connectivity index is 1.65. The fourth-order valence-electron chi connectivity index (χ4n) is 2.90. The van der Waals surface area contributed by atoms with E-state index in [4.69, 9.17) is 4.63 Å². The minimum Gasteiger partial charge on any atom is -0.360 e. The summed E-state index contributed by atoms with van der Waals surface area (Å²) in [6.07, 6.45) is 0. The highest BCUT2D eigenvalue weighted by atomic mass is 16.6. The first-order valence-corrected chi connectivity index (χ1v) is 8.84. The Morgan fingerprint density at radius 3 is 1.48 bits per heavy atom. The van der Waals surface area contributed by atoms with E-state index in [0.717, 1.165) is 11.1 Å². The number of anilines is 2. The molecule has 2 aromatic heterocycles. The van der Waals surface area contributed by atoms with E-state index in [0.29, 0.717) is 22.9 Å². The van der Waals surface area contributed by atoms with Crippen LogP contribution in [0.5, 0.6) is 0 Å². The second kappa shape index (κ2) is 7.41. The summed E-state index contributed by atoms with van der Waals surface area (Å²) in [5, 5.41) is 14.5. The van der Waals surface area contributed by atoms with Crippen molar-refractivity contribution < 1.29 is 4.63 Å². The van der Waals surface area contributed by atoms with Crippen LogP contribution in [0.4, 0.5) is 11.6 Å². The Bertz CT molecular complexity index is 937. The summed E-state index contributed by atoms with van der Waals surface area (Å²) in [7, 11) is 0. The van der Waals surface area contributed by atoms with Crippen LogP contribution >= 0.6 is 0 Å². The molecule has 0 bridgehead atoms. The molecule has 0 aliphatic rings. The van der Waals surface area contributed by atoms with Gasteiger partial charge in [0.2, 0.25) is 11.3 Å². The predicted molar refractivity (Wildman–Crippen MR) is 104 cm³/mol. The van der Waals surface area contributed by atoms with Gasteiger partial charge in [0.25, 0.3) is 0 Å². The largest absolute Gasteiger partial charge is 0.360 e. The number of rotatable bonds is 6. The van der Waals surface area contributed by atoms with Crippen LogP contribution < -0.4 is 10.6 Å². The second-order valence-electron chi connectivity index (χ2n) is 6.39. The average molecular weight is 360 g/mol. The maximum absolute atomic E-state index is 4.77. The Morgan fingerprint density at radius 1 is 0.667 bits per heavy atom. The van der Waals surface area contributed by atoms with Gasteiger partial charge in [0.1, 0.15) is 0 Å². The average Bonchev–Trinajstić information content (AvgIpc) is 3.16. The molecule has 0 aliphatic heterocycles. The molecule has 2 atom stereocenters. The summed E-state index contributed by atoms with van der Waals surface area (Å²) in [6, 6.07) is 20.4. The second-order valence-corrected chi connectivity index (χ2v) is 6.39. The maximum Gasteiger partial charge on any atom is 0.245 e. The minimum absolute atomic E-state index is 0.0467. The first kappa shape index (κ1) is 17.0. The van der Waals surface area contributed by atoms with Crippen molar-refractivity contribution >= 4 is 22.9 Å². The van der Waals surface area contributed by atoms with Crippen LogP contribution in [0.3, 0.4) is 0 Å². The van der Waals surface area contributed by atoms with Crippen LogP contribution in [0, 0.1) is 0 Å². The van der Waals surface area contributed by atoms with Gasteiger partial charge in [-0.25, -0.2) is 14.6 Å². The van der Waals surface area contributed by atoms with Gasteiger partial charge in [-0.3, -0.25) is 0 Å². The normalized spacial score (nSPS) is 13.3. The molecule has 0 amide bonds. The van der Waals surface area contributed by atoms with Gasteiger partial charge in [0, 0.05) is 0 Å². The molecule has 0 aliphatic carbocycles. The third-order valence-electron chi connectivity index (χ3n) is 4.42. The number of fused-ring (bicyclic) bond motifs is 1. The van der Waals surface area contributed by atoms with Gasteiger partial charge in [-0.2, -0.15) is 0 Å². The summed E-state index contributed by atoms with van der Waals surface area (Å²) in [4.78, 5) is 9.09. The smallest absolute Gasteiger partial charge is 0.245 e. The summed E-state index contributed by atoms with van der Waals surface area (Å²) in [6.45, 7) is 4.15. The van der Waals surface area contributed by atoms with Gasteiger partial charge >= 0.3 is 0 Å². The van der Waals surface area contributed by atoms with Crippen LogP contribution in [0.25, 0.3) is 11.3 Å². The quantitative estimate of drug-likeness (QED) is 0.528. The van der Waals surface area contributed by atoms with E-state index < -0.39 is 0 Å². The molecule has 2 heterocycles. The summed E-state index contributed by atoms with van der Waals surface area (Å²) < 4.78 is 4.77. The van der Waals surface area contributed by atoms with Crippen LogP contribution in [0.2, 0.25) is 0 Å². The molecule has 7 heteroatoms. The Kier molecular flexibility index (Phi) is 4.65. The summed E-state index contributed by atoms with van der Waals surface area (Å²) in [5.41, 5.74) is 3.05. The molecule has 27 heavy (non-hydrogen) atoms. The van der Waals surface area contributed by atoms with Gasteiger partial charge < -0.3 is 10.6 Å². The molecule has 0 unspecified atom stereocenters. The maximum atomic E-state index is 4.77. The Labute approximate surface area is 156 Å². The molecule has 2 N–H and O–H groups in total. The lowest BCUT2D eigenvalue weighted by Crippen LogP contribution is -2.14. The minimum atomic E-state index is 0.0467. The molecule has 136 valence electrons. The van der Waals surface area contributed by atoms with E-state index >= 15 is 0 Å². The molecule has 7 nitrogen and oxygen atoms in total. The van der Waals surface area contributed by atoms with Gasteiger partial charge in [-0.05, 0) is 35.3 Å². The predicted octanol–water partition coefficient (Wildman–Crippen LogP) is 4.36. The van der Waals surface area contributed by atoms with E-state index in [2.05, 4.69) is 69.0 Å². The molecular weight excluding hydrogens is 340 g/mol. The fraction of sp³-hybridized carbons (Fsp3) is 0.200. The third kappa shape index (κ3) is 3.72. The van der Waals surface area contributed by atoms with Crippen LogP contribution in [0.15, 0.2) is 65.3 Å². The summed E-state index contributed by atoms with van der Waals surface area (Å²) >= 11 is 0. The number of nitrogens with one attached hydrogen (secondary N) is 2. The van der Waals surface area contributed by atoms with Crippen LogP contribution in [-0.4, -0.2) is 20.3 Å². The van der Waals surface area contributed by atoms with Crippen molar-refractivity contribution in [1.29, 1.82) is 0 Å². The van der Waals surface area contributed by atoms with E-state index in [1.54, 1.807) is 0 Å². The number of benzene rings is 2. The molecule has 0 radical (unpaired) electrons.